The predicted octanol–water partition coefficient (Wildman–Crippen LogP) is 2.87. The molecule has 1 aliphatic carbocycles. The molecule has 1 fully saturated rings. The average molecular weight is 440 g/mol. The monoisotopic (exact) mass is 440 g/mol. The van der Waals surface area contributed by atoms with Gasteiger partial charge in [0, 0.05) is 35.6 Å². The number of aliphatic hydroxyl groups is 1. The molecule has 2 aliphatic rings. The minimum absolute atomic E-state index is 0.117. The third kappa shape index (κ3) is 4.01. The van der Waals surface area contributed by atoms with E-state index < -0.39 is 25.4 Å². The van der Waals surface area contributed by atoms with Crippen LogP contribution in [0.5, 0.6) is 0 Å². The molecule has 2 unspecified atom stereocenters. The maximum atomic E-state index is 13.7. The number of halogens is 3. The second-order valence-electron chi connectivity index (χ2n) is 8.21. The van der Waals surface area contributed by atoms with Gasteiger partial charge in [-0.15, -0.1) is 0 Å². The van der Waals surface area contributed by atoms with Gasteiger partial charge in [0.15, 0.2) is 5.96 Å². The van der Waals surface area contributed by atoms with Gasteiger partial charge < -0.3 is 25.3 Å². The van der Waals surface area contributed by atoms with Gasteiger partial charge in [0.25, 0.3) is 0 Å². The lowest BCUT2D eigenvalue weighted by atomic mass is 10.0. The summed E-state index contributed by atoms with van der Waals surface area (Å²) in [7, 11) is -2.62. The second kappa shape index (κ2) is 7.46. The Labute approximate surface area is 172 Å². The summed E-state index contributed by atoms with van der Waals surface area (Å²) >= 11 is 0. The largest absolute Gasteiger partial charge is 0.416 e. The summed E-state index contributed by atoms with van der Waals surface area (Å²) in [5, 5.41) is 16.1. The first-order valence-corrected chi connectivity index (χ1v) is 12.3. The van der Waals surface area contributed by atoms with Gasteiger partial charge in [0.1, 0.15) is 7.14 Å². The van der Waals surface area contributed by atoms with Crippen molar-refractivity contribution < 1.29 is 22.8 Å². The Balaban J connectivity index is 1.75. The third-order valence-corrected chi connectivity index (χ3v) is 7.18. The second-order valence-corrected chi connectivity index (χ2v) is 11.4. The number of nitrogens with zero attached hydrogens (tertiary/aromatic N) is 1. The molecule has 1 aromatic heterocycles. The van der Waals surface area contributed by atoms with Crippen molar-refractivity contribution in [2.45, 2.75) is 12.6 Å². The fourth-order valence-electron chi connectivity index (χ4n) is 3.83. The molecular weight excluding hydrogens is 416 g/mol. The molecule has 1 aliphatic heterocycles. The van der Waals surface area contributed by atoms with Crippen LogP contribution < -0.4 is 15.9 Å². The number of hydrogen-bond acceptors (Lipinski definition) is 5. The van der Waals surface area contributed by atoms with E-state index in [0.29, 0.717) is 34.2 Å². The number of rotatable bonds is 5. The molecule has 4 rings (SSSR count). The Morgan fingerprint density at radius 2 is 2.07 bits per heavy atom. The minimum Gasteiger partial charge on any atom is -0.396 e. The summed E-state index contributed by atoms with van der Waals surface area (Å²) < 4.78 is 53.8. The number of benzene rings is 1. The molecule has 1 saturated carbocycles. The van der Waals surface area contributed by atoms with Gasteiger partial charge in [0.2, 0.25) is 0 Å². The van der Waals surface area contributed by atoms with Crippen LogP contribution in [0.25, 0.3) is 16.6 Å². The number of aliphatic hydroxyl groups excluding tert-OH is 1. The number of para-hydroxylation sites is 1. The molecule has 0 spiro atoms. The van der Waals surface area contributed by atoms with Crippen molar-refractivity contribution in [2.75, 3.05) is 33.0 Å². The topological polar surface area (TPSA) is 89.5 Å². The normalized spacial score (nSPS) is 22.1. The van der Waals surface area contributed by atoms with Gasteiger partial charge in [-0.1, -0.05) is 12.1 Å². The Bertz CT molecular complexity index is 1080. The molecule has 2 atom stereocenters. The highest BCUT2D eigenvalue weighted by atomic mass is 31.2. The van der Waals surface area contributed by atoms with Crippen molar-refractivity contribution in [2.24, 2.45) is 16.8 Å². The third-order valence-electron chi connectivity index (χ3n) is 5.65. The van der Waals surface area contributed by atoms with E-state index in [9.17, 15) is 17.7 Å². The van der Waals surface area contributed by atoms with E-state index in [1.807, 2.05) is 0 Å². The lowest BCUT2D eigenvalue weighted by Crippen LogP contribution is -2.43. The number of guanidine groups is 1. The van der Waals surface area contributed by atoms with Gasteiger partial charge in [-0.3, -0.25) is 0 Å². The van der Waals surface area contributed by atoms with Crippen LogP contribution in [0.3, 0.4) is 0 Å². The van der Waals surface area contributed by atoms with Crippen LogP contribution in [0, 0.1) is 11.8 Å². The molecule has 2 aromatic rings. The highest BCUT2D eigenvalue weighted by molar-refractivity contribution is 7.70. The maximum Gasteiger partial charge on any atom is 0.416 e. The molecule has 0 bridgehead atoms. The standard InChI is InChI=1S/C20H24F3N4O2P/c1-30(2,29)16-5-3-4-13-14(8-24-18(13)16)17-15(20(21,22)23)9-26-19(27-17)25-7-11-6-12(11)10-28/h3-5,8,11-12,24,28H,6-7,9-10H2,1-2H3,(H2,25,26,27). The molecule has 162 valence electrons. The quantitative estimate of drug-likeness (QED) is 0.539. The summed E-state index contributed by atoms with van der Waals surface area (Å²) in [6, 6.07) is 5.14. The summed E-state index contributed by atoms with van der Waals surface area (Å²) in [6.07, 6.45) is -2.14. The van der Waals surface area contributed by atoms with E-state index in [1.54, 1.807) is 31.5 Å². The van der Waals surface area contributed by atoms with Crippen molar-refractivity contribution >= 4 is 35.0 Å². The van der Waals surface area contributed by atoms with Gasteiger partial charge in [-0.05, 0) is 37.7 Å². The smallest absolute Gasteiger partial charge is 0.396 e. The van der Waals surface area contributed by atoms with Crippen molar-refractivity contribution in [1.29, 1.82) is 0 Å². The zero-order valence-electron chi connectivity index (χ0n) is 16.7. The number of aromatic amines is 1. The molecule has 0 saturated heterocycles. The lowest BCUT2D eigenvalue weighted by Gasteiger charge is -2.23. The first-order valence-electron chi connectivity index (χ1n) is 9.73. The van der Waals surface area contributed by atoms with Crippen molar-refractivity contribution in [3.05, 3.63) is 35.5 Å². The molecule has 4 N–H and O–H groups in total. The average Bonchev–Trinajstić information content (AvgIpc) is 3.31. The molecular formula is C20H24F3N4O2P. The van der Waals surface area contributed by atoms with E-state index in [4.69, 9.17) is 5.11 Å². The minimum atomic E-state index is -4.54. The van der Waals surface area contributed by atoms with E-state index in [1.165, 1.54) is 6.20 Å². The van der Waals surface area contributed by atoms with Crippen molar-refractivity contribution in [3.8, 4) is 0 Å². The zero-order valence-corrected chi connectivity index (χ0v) is 17.6. The van der Waals surface area contributed by atoms with Crippen LogP contribution in [0.2, 0.25) is 0 Å². The number of fused-ring (bicyclic) bond motifs is 1. The lowest BCUT2D eigenvalue weighted by molar-refractivity contribution is -0.0922. The van der Waals surface area contributed by atoms with Crippen LogP contribution in [0.15, 0.2) is 35.0 Å². The summed E-state index contributed by atoms with van der Waals surface area (Å²) in [6.45, 7) is 3.52. The first kappa shape index (κ1) is 21.0. The fourth-order valence-corrected chi connectivity index (χ4v) is 5.00. The summed E-state index contributed by atoms with van der Waals surface area (Å²) in [4.78, 5) is 7.28. The van der Waals surface area contributed by atoms with Crippen molar-refractivity contribution in [3.63, 3.8) is 0 Å². The van der Waals surface area contributed by atoms with Gasteiger partial charge in [-0.25, -0.2) is 4.99 Å². The molecule has 10 heteroatoms. The van der Waals surface area contributed by atoms with Crippen molar-refractivity contribution in [1.82, 2.24) is 15.6 Å². The van der Waals surface area contributed by atoms with Crippen LogP contribution >= 0.6 is 7.14 Å². The molecule has 1 aromatic carbocycles. The van der Waals surface area contributed by atoms with Crippen LogP contribution in [-0.2, 0) is 4.57 Å². The zero-order chi connectivity index (χ0) is 21.7. The van der Waals surface area contributed by atoms with Crippen LogP contribution in [0.1, 0.15) is 12.0 Å². The van der Waals surface area contributed by atoms with Gasteiger partial charge in [0.05, 0.1) is 23.3 Å². The molecule has 6 nitrogen and oxygen atoms in total. The Morgan fingerprint density at radius 1 is 1.30 bits per heavy atom. The first-order chi connectivity index (χ1) is 14.1. The number of aromatic nitrogens is 1. The van der Waals surface area contributed by atoms with E-state index >= 15 is 0 Å². The van der Waals surface area contributed by atoms with Crippen LogP contribution in [0.4, 0.5) is 13.2 Å². The number of nitrogens with one attached hydrogen (secondary N) is 3. The van der Waals surface area contributed by atoms with Gasteiger partial charge >= 0.3 is 6.18 Å². The van der Waals surface area contributed by atoms with E-state index in [-0.39, 0.29) is 24.2 Å². The Hall–Kier alpha value is -2.25. The molecule has 0 amide bonds. The van der Waals surface area contributed by atoms with E-state index in [2.05, 4.69) is 20.6 Å². The van der Waals surface area contributed by atoms with E-state index in [0.717, 1.165) is 6.42 Å². The molecule has 0 radical (unpaired) electrons. The summed E-state index contributed by atoms with van der Waals surface area (Å²) in [5.74, 6) is 0.826. The number of aliphatic imine (C=N–C) groups is 1. The van der Waals surface area contributed by atoms with Gasteiger partial charge in [-0.2, -0.15) is 13.2 Å². The Morgan fingerprint density at radius 3 is 2.70 bits per heavy atom. The SMILES string of the molecule is CP(C)(=O)c1cccc2c(C3=C(C(F)(F)F)CNC(NCC4CC4CO)=N3)c[nH]c12. The number of alkyl halides is 3. The fraction of sp³-hybridized carbons (Fsp3) is 0.450. The highest BCUT2D eigenvalue weighted by Crippen LogP contribution is 2.41. The van der Waals surface area contributed by atoms with Crippen LogP contribution in [-0.4, -0.2) is 55.3 Å². The molecule has 30 heavy (non-hydrogen) atoms. The number of H-pyrrole nitrogens is 1. The summed E-state index contributed by atoms with van der Waals surface area (Å²) in [5.41, 5.74) is -0.00571. The maximum absolute atomic E-state index is 13.7. The number of hydrogen-bond donors (Lipinski definition) is 4. The molecule has 2 heterocycles. The Kier molecular flexibility index (Phi) is 5.22. The highest BCUT2D eigenvalue weighted by Gasteiger charge is 2.40. The predicted molar refractivity (Wildman–Crippen MR) is 112 cm³/mol.